The van der Waals surface area contributed by atoms with Crippen molar-refractivity contribution in [1.82, 2.24) is 9.80 Å². The Bertz CT molecular complexity index is 386. The van der Waals surface area contributed by atoms with Gasteiger partial charge in [-0.05, 0) is 41.8 Å². The van der Waals surface area contributed by atoms with Gasteiger partial charge in [0, 0.05) is 39.1 Å². The predicted octanol–water partition coefficient (Wildman–Crippen LogP) is 1.91. The summed E-state index contributed by atoms with van der Waals surface area (Å²) < 4.78 is 0. The molecule has 5 heteroatoms. The summed E-state index contributed by atoms with van der Waals surface area (Å²) in [5.41, 5.74) is 6.84. The second kappa shape index (κ2) is 8.39. The van der Waals surface area contributed by atoms with E-state index >= 15 is 0 Å². The quantitative estimate of drug-likeness (QED) is 0.782. The molecule has 0 radical (unpaired) electrons. The van der Waals surface area contributed by atoms with Crippen LogP contribution in [0.15, 0.2) is 16.8 Å². The Kier molecular flexibility index (Phi) is 6.50. The molecule has 112 valence electrons. The van der Waals surface area contributed by atoms with Crippen LogP contribution < -0.4 is 5.73 Å². The SMILES string of the molecule is NCCCCCC(=O)N1CCN(Cc2ccsc2)CC1. The summed E-state index contributed by atoms with van der Waals surface area (Å²) in [6.07, 6.45) is 3.76. The number of thiophene rings is 1. The van der Waals surface area contributed by atoms with Crippen LogP contribution in [0.3, 0.4) is 0 Å². The molecule has 1 aromatic heterocycles. The van der Waals surface area contributed by atoms with E-state index in [9.17, 15) is 4.79 Å². The molecule has 2 heterocycles. The van der Waals surface area contributed by atoms with Crippen molar-refractivity contribution in [3.63, 3.8) is 0 Å². The number of unbranched alkanes of at least 4 members (excludes halogenated alkanes) is 2. The first-order valence-corrected chi connectivity index (χ1v) is 8.45. The summed E-state index contributed by atoms with van der Waals surface area (Å²) >= 11 is 1.75. The Balaban J connectivity index is 1.64. The Hall–Kier alpha value is -0.910. The smallest absolute Gasteiger partial charge is 0.222 e. The molecule has 4 nitrogen and oxygen atoms in total. The number of rotatable bonds is 7. The minimum Gasteiger partial charge on any atom is -0.340 e. The zero-order valence-corrected chi connectivity index (χ0v) is 12.9. The fraction of sp³-hybridized carbons (Fsp3) is 0.667. The number of carbonyl (C=O) groups is 1. The van der Waals surface area contributed by atoms with Crippen molar-refractivity contribution in [3.05, 3.63) is 22.4 Å². The second-order valence-electron chi connectivity index (χ2n) is 5.39. The van der Waals surface area contributed by atoms with Crippen LogP contribution in [0.5, 0.6) is 0 Å². The van der Waals surface area contributed by atoms with E-state index < -0.39 is 0 Å². The van der Waals surface area contributed by atoms with Crippen LogP contribution in [-0.4, -0.2) is 48.4 Å². The van der Waals surface area contributed by atoms with Gasteiger partial charge >= 0.3 is 0 Å². The number of piperazine rings is 1. The van der Waals surface area contributed by atoms with E-state index in [0.29, 0.717) is 12.3 Å². The molecule has 0 aliphatic carbocycles. The van der Waals surface area contributed by atoms with Gasteiger partial charge in [0.15, 0.2) is 0 Å². The highest BCUT2D eigenvalue weighted by atomic mass is 32.1. The van der Waals surface area contributed by atoms with E-state index in [1.807, 2.05) is 4.90 Å². The maximum absolute atomic E-state index is 12.1. The van der Waals surface area contributed by atoms with Crippen LogP contribution in [0.1, 0.15) is 31.2 Å². The van der Waals surface area contributed by atoms with E-state index in [4.69, 9.17) is 5.73 Å². The maximum Gasteiger partial charge on any atom is 0.222 e. The molecule has 2 rings (SSSR count). The van der Waals surface area contributed by atoms with Gasteiger partial charge in [0.25, 0.3) is 0 Å². The molecule has 1 saturated heterocycles. The number of hydrogen-bond acceptors (Lipinski definition) is 4. The molecule has 0 spiro atoms. The van der Waals surface area contributed by atoms with Crippen molar-refractivity contribution < 1.29 is 4.79 Å². The average Bonchev–Trinajstić information content (AvgIpc) is 2.97. The van der Waals surface area contributed by atoms with Crippen LogP contribution in [0.4, 0.5) is 0 Å². The van der Waals surface area contributed by atoms with Crippen molar-refractivity contribution in [2.75, 3.05) is 32.7 Å². The van der Waals surface area contributed by atoms with Gasteiger partial charge in [0.2, 0.25) is 5.91 Å². The summed E-state index contributed by atoms with van der Waals surface area (Å²) in [7, 11) is 0. The van der Waals surface area contributed by atoms with Gasteiger partial charge in [0.1, 0.15) is 0 Å². The lowest BCUT2D eigenvalue weighted by Gasteiger charge is -2.34. The van der Waals surface area contributed by atoms with Gasteiger partial charge in [-0.2, -0.15) is 11.3 Å². The summed E-state index contributed by atoms with van der Waals surface area (Å²) in [5.74, 6) is 0.317. The fourth-order valence-corrected chi connectivity index (χ4v) is 3.21. The predicted molar refractivity (Wildman–Crippen MR) is 83.7 cm³/mol. The van der Waals surface area contributed by atoms with E-state index in [2.05, 4.69) is 21.7 Å². The van der Waals surface area contributed by atoms with E-state index in [0.717, 1.165) is 58.5 Å². The number of nitrogens with two attached hydrogens (primary N) is 1. The standard InChI is InChI=1S/C15H25N3OS/c16-6-3-1-2-4-15(19)18-9-7-17(8-10-18)12-14-5-11-20-13-14/h5,11,13H,1-4,6-10,12,16H2. The average molecular weight is 295 g/mol. The molecule has 2 N–H and O–H groups in total. The molecule has 0 unspecified atom stereocenters. The first-order chi connectivity index (χ1) is 9.79. The molecule has 20 heavy (non-hydrogen) atoms. The maximum atomic E-state index is 12.1. The number of hydrogen-bond donors (Lipinski definition) is 1. The first kappa shape index (κ1) is 15.5. The number of carbonyl (C=O) groups excluding carboxylic acids is 1. The first-order valence-electron chi connectivity index (χ1n) is 7.51. The van der Waals surface area contributed by atoms with Crippen LogP contribution in [0, 0.1) is 0 Å². The monoisotopic (exact) mass is 295 g/mol. The third-order valence-electron chi connectivity index (χ3n) is 3.81. The molecule has 0 atom stereocenters. The van der Waals surface area contributed by atoms with Gasteiger partial charge in [-0.1, -0.05) is 6.42 Å². The normalized spacial score (nSPS) is 16.6. The van der Waals surface area contributed by atoms with E-state index in [1.54, 1.807) is 11.3 Å². The van der Waals surface area contributed by atoms with Gasteiger partial charge < -0.3 is 10.6 Å². The summed E-state index contributed by atoms with van der Waals surface area (Å²) in [5, 5.41) is 4.32. The zero-order chi connectivity index (χ0) is 14.2. The zero-order valence-electron chi connectivity index (χ0n) is 12.1. The highest BCUT2D eigenvalue weighted by Crippen LogP contribution is 2.12. The molecular weight excluding hydrogens is 270 g/mol. The molecule has 1 fully saturated rings. The Labute approximate surface area is 125 Å². The fourth-order valence-electron chi connectivity index (χ4n) is 2.55. The third kappa shape index (κ3) is 4.89. The van der Waals surface area contributed by atoms with Gasteiger partial charge in [0.05, 0.1) is 0 Å². The summed E-state index contributed by atoms with van der Waals surface area (Å²) in [6, 6.07) is 2.18. The highest BCUT2D eigenvalue weighted by molar-refractivity contribution is 7.07. The lowest BCUT2D eigenvalue weighted by atomic mass is 10.1. The summed E-state index contributed by atoms with van der Waals surface area (Å²) in [6.45, 7) is 5.48. The molecule has 0 bridgehead atoms. The number of amides is 1. The Morgan fingerprint density at radius 2 is 2.00 bits per heavy atom. The lowest BCUT2D eigenvalue weighted by molar-refractivity contribution is -0.133. The molecule has 1 amide bonds. The molecular formula is C15H25N3OS. The van der Waals surface area contributed by atoms with Crippen LogP contribution in [0.25, 0.3) is 0 Å². The van der Waals surface area contributed by atoms with Crippen molar-refractivity contribution in [3.8, 4) is 0 Å². The van der Waals surface area contributed by atoms with Crippen molar-refractivity contribution in [2.45, 2.75) is 32.2 Å². The molecule has 1 aromatic rings. The number of nitrogens with zero attached hydrogens (tertiary/aromatic N) is 2. The van der Waals surface area contributed by atoms with Crippen molar-refractivity contribution in [2.24, 2.45) is 5.73 Å². The minimum absolute atomic E-state index is 0.317. The molecule has 1 aliphatic rings. The molecule has 0 saturated carbocycles. The van der Waals surface area contributed by atoms with Gasteiger partial charge in [-0.25, -0.2) is 0 Å². The van der Waals surface area contributed by atoms with Crippen LogP contribution in [-0.2, 0) is 11.3 Å². The van der Waals surface area contributed by atoms with E-state index in [1.165, 1.54) is 5.56 Å². The highest BCUT2D eigenvalue weighted by Gasteiger charge is 2.20. The van der Waals surface area contributed by atoms with Crippen LogP contribution in [0.2, 0.25) is 0 Å². The van der Waals surface area contributed by atoms with Gasteiger partial charge in [-0.3, -0.25) is 9.69 Å². The van der Waals surface area contributed by atoms with Crippen molar-refractivity contribution in [1.29, 1.82) is 0 Å². The van der Waals surface area contributed by atoms with Crippen molar-refractivity contribution >= 4 is 17.2 Å². The van der Waals surface area contributed by atoms with Crippen LogP contribution >= 0.6 is 11.3 Å². The second-order valence-corrected chi connectivity index (χ2v) is 6.17. The summed E-state index contributed by atoms with van der Waals surface area (Å²) in [4.78, 5) is 16.5. The third-order valence-corrected chi connectivity index (χ3v) is 4.54. The Morgan fingerprint density at radius 3 is 2.65 bits per heavy atom. The topological polar surface area (TPSA) is 49.6 Å². The van der Waals surface area contributed by atoms with E-state index in [-0.39, 0.29) is 0 Å². The lowest BCUT2D eigenvalue weighted by Crippen LogP contribution is -2.48. The Morgan fingerprint density at radius 1 is 1.20 bits per heavy atom. The van der Waals surface area contributed by atoms with Gasteiger partial charge in [-0.15, -0.1) is 0 Å². The minimum atomic E-state index is 0.317. The largest absolute Gasteiger partial charge is 0.340 e. The molecule has 0 aromatic carbocycles. The molecule has 1 aliphatic heterocycles.